The summed E-state index contributed by atoms with van der Waals surface area (Å²) in [7, 11) is 0. The number of hydrogen-bond donors (Lipinski definition) is 1. The minimum absolute atomic E-state index is 0.340. The topological polar surface area (TPSA) is 71.3 Å². The van der Waals surface area contributed by atoms with Gasteiger partial charge < -0.3 is 14.8 Å². The van der Waals surface area contributed by atoms with Crippen molar-refractivity contribution in [1.82, 2.24) is 5.32 Å². The number of ether oxygens (including phenoxy) is 2. The normalized spacial score (nSPS) is 24.4. The molecule has 1 aliphatic heterocycles. The van der Waals surface area contributed by atoms with Crippen LogP contribution >= 0.6 is 0 Å². The number of amides is 1. The van der Waals surface area contributed by atoms with Gasteiger partial charge in [0.1, 0.15) is 5.60 Å². The fraction of sp³-hybridized carbons (Fsp3) is 0.846. The summed E-state index contributed by atoms with van der Waals surface area (Å²) >= 11 is 0. The van der Waals surface area contributed by atoms with Crippen molar-refractivity contribution >= 4 is 6.09 Å². The summed E-state index contributed by atoms with van der Waals surface area (Å²) in [5.41, 5.74) is -1.94. The zero-order chi connectivity index (χ0) is 14.0. The summed E-state index contributed by atoms with van der Waals surface area (Å²) in [5.74, 6) is 0. The predicted molar refractivity (Wildman–Crippen MR) is 66.9 cm³/mol. The Labute approximate surface area is 108 Å². The van der Waals surface area contributed by atoms with Crippen LogP contribution in [-0.4, -0.2) is 30.4 Å². The number of alkyl carbamates (subject to hydrolysis) is 1. The molecule has 0 radical (unpaired) electrons. The van der Waals surface area contributed by atoms with Gasteiger partial charge in [0, 0.05) is 6.61 Å². The monoisotopic (exact) mass is 254 g/mol. The highest BCUT2D eigenvalue weighted by atomic mass is 16.6. The molecule has 1 unspecified atom stereocenters. The van der Waals surface area contributed by atoms with Crippen molar-refractivity contribution < 1.29 is 14.3 Å². The Morgan fingerprint density at radius 2 is 2.00 bits per heavy atom. The molecule has 1 saturated heterocycles. The number of rotatable bonds is 2. The van der Waals surface area contributed by atoms with E-state index in [2.05, 4.69) is 11.4 Å². The molecule has 18 heavy (non-hydrogen) atoms. The Morgan fingerprint density at radius 1 is 1.39 bits per heavy atom. The van der Waals surface area contributed by atoms with E-state index in [9.17, 15) is 10.1 Å². The van der Waals surface area contributed by atoms with Crippen molar-refractivity contribution in [3.63, 3.8) is 0 Å². The molecule has 5 heteroatoms. The van der Waals surface area contributed by atoms with Gasteiger partial charge in [0.25, 0.3) is 0 Å². The lowest BCUT2D eigenvalue weighted by atomic mass is 9.72. The molecule has 0 bridgehead atoms. The average Bonchev–Trinajstić information content (AvgIpc) is 2.64. The first-order chi connectivity index (χ1) is 8.12. The third kappa shape index (κ3) is 3.14. The third-order valence-electron chi connectivity index (χ3n) is 3.24. The van der Waals surface area contributed by atoms with E-state index in [-0.39, 0.29) is 0 Å². The average molecular weight is 254 g/mol. The standard InChI is InChI=1S/C13H22N2O3/c1-11(2,3)18-10(16)15-13(6-7-17-9-13)12(4,5)8-14/h6-7,9H2,1-5H3,(H,15,16). The quantitative estimate of drug-likeness (QED) is 0.820. The van der Waals surface area contributed by atoms with E-state index in [0.29, 0.717) is 19.6 Å². The molecule has 0 aliphatic carbocycles. The Morgan fingerprint density at radius 3 is 2.39 bits per heavy atom. The van der Waals surface area contributed by atoms with Gasteiger partial charge in [0.15, 0.2) is 0 Å². The van der Waals surface area contributed by atoms with Crippen LogP contribution in [0.3, 0.4) is 0 Å². The highest BCUT2D eigenvalue weighted by molar-refractivity contribution is 5.69. The first kappa shape index (κ1) is 14.8. The van der Waals surface area contributed by atoms with Gasteiger partial charge in [-0.15, -0.1) is 0 Å². The Balaban J connectivity index is 2.83. The summed E-state index contributed by atoms with van der Waals surface area (Å²) in [6, 6.07) is 2.24. The van der Waals surface area contributed by atoms with Gasteiger partial charge in [-0.3, -0.25) is 0 Å². The second kappa shape index (κ2) is 4.77. The minimum Gasteiger partial charge on any atom is -0.444 e. The summed E-state index contributed by atoms with van der Waals surface area (Å²) in [6.07, 6.45) is 0.114. The summed E-state index contributed by atoms with van der Waals surface area (Å²) in [6.45, 7) is 9.91. The van der Waals surface area contributed by atoms with E-state index in [1.807, 2.05) is 0 Å². The van der Waals surface area contributed by atoms with Crippen molar-refractivity contribution in [2.24, 2.45) is 5.41 Å². The van der Waals surface area contributed by atoms with Crippen molar-refractivity contribution in [1.29, 1.82) is 5.26 Å². The second-order valence-electron chi connectivity index (χ2n) is 6.25. The zero-order valence-corrected chi connectivity index (χ0v) is 11.8. The Hall–Kier alpha value is -1.28. The summed E-state index contributed by atoms with van der Waals surface area (Å²) in [4.78, 5) is 11.9. The second-order valence-corrected chi connectivity index (χ2v) is 6.25. The van der Waals surface area contributed by atoms with Gasteiger partial charge in [-0.2, -0.15) is 5.26 Å². The van der Waals surface area contributed by atoms with E-state index in [1.54, 1.807) is 34.6 Å². The van der Waals surface area contributed by atoms with Gasteiger partial charge in [-0.05, 0) is 41.0 Å². The SMILES string of the molecule is CC(C)(C)OC(=O)NC1(C(C)(C)C#N)CCOC1. The molecule has 102 valence electrons. The maximum Gasteiger partial charge on any atom is 0.408 e. The fourth-order valence-electron chi connectivity index (χ4n) is 1.92. The summed E-state index contributed by atoms with van der Waals surface area (Å²) < 4.78 is 10.6. The molecule has 0 aromatic heterocycles. The van der Waals surface area contributed by atoms with Crippen LogP contribution < -0.4 is 5.32 Å². The van der Waals surface area contributed by atoms with Gasteiger partial charge in [-0.25, -0.2) is 4.79 Å². The van der Waals surface area contributed by atoms with Crippen LogP contribution in [0.4, 0.5) is 4.79 Å². The molecular weight excluding hydrogens is 232 g/mol. The van der Waals surface area contributed by atoms with Gasteiger partial charge in [-0.1, -0.05) is 0 Å². The summed E-state index contributed by atoms with van der Waals surface area (Å²) in [5, 5.41) is 12.1. The first-order valence-electron chi connectivity index (χ1n) is 6.12. The molecule has 5 nitrogen and oxygen atoms in total. The van der Waals surface area contributed by atoms with Crippen LogP contribution in [0, 0.1) is 16.7 Å². The van der Waals surface area contributed by atoms with E-state index < -0.39 is 22.6 Å². The molecule has 0 spiro atoms. The van der Waals surface area contributed by atoms with E-state index in [1.165, 1.54) is 0 Å². The van der Waals surface area contributed by atoms with E-state index >= 15 is 0 Å². The number of nitriles is 1. The van der Waals surface area contributed by atoms with Crippen LogP contribution in [0.15, 0.2) is 0 Å². The van der Waals surface area contributed by atoms with Crippen molar-refractivity contribution in [2.75, 3.05) is 13.2 Å². The Kier molecular flexibility index (Phi) is 3.92. The molecule has 1 N–H and O–H groups in total. The van der Waals surface area contributed by atoms with Gasteiger partial charge in [0.05, 0.1) is 23.6 Å². The molecule has 1 heterocycles. The predicted octanol–water partition coefficient (Wildman–Crippen LogP) is 2.22. The number of nitrogens with one attached hydrogen (secondary N) is 1. The Bertz CT molecular complexity index is 357. The lowest BCUT2D eigenvalue weighted by Gasteiger charge is -2.39. The lowest BCUT2D eigenvalue weighted by Crippen LogP contribution is -2.59. The molecule has 0 aromatic rings. The molecule has 1 rings (SSSR count). The third-order valence-corrected chi connectivity index (χ3v) is 3.24. The van der Waals surface area contributed by atoms with Crippen LogP contribution in [-0.2, 0) is 9.47 Å². The molecule has 0 aromatic carbocycles. The number of carbonyl (C=O) groups excluding carboxylic acids is 1. The molecule has 1 aliphatic rings. The molecule has 1 atom stereocenters. The zero-order valence-electron chi connectivity index (χ0n) is 11.8. The lowest BCUT2D eigenvalue weighted by molar-refractivity contribution is 0.0348. The first-order valence-corrected chi connectivity index (χ1v) is 6.12. The minimum atomic E-state index is -0.708. The van der Waals surface area contributed by atoms with E-state index in [0.717, 1.165) is 0 Å². The smallest absolute Gasteiger partial charge is 0.408 e. The maximum absolute atomic E-state index is 11.9. The number of hydrogen-bond acceptors (Lipinski definition) is 4. The highest BCUT2D eigenvalue weighted by Crippen LogP contribution is 2.37. The van der Waals surface area contributed by atoms with Gasteiger partial charge >= 0.3 is 6.09 Å². The van der Waals surface area contributed by atoms with Crippen molar-refractivity contribution in [3.8, 4) is 6.07 Å². The largest absolute Gasteiger partial charge is 0.444 e. The van der Waals surface area contributed by atoms with Crippen LogP contribution in [0.1, 0.15) is 41.0 Å². The molecular formula is C13H22N2O3. The van der Waals surface area contributed by atoms with Crippen molar-refractivity contribution in [2.45, 2.75) is 52.2 Å². The molecule has 1 amide bonds. The molecule has 1 fully saturated rings. The number of nitrogens with zero attached hydrogens (tertiary/aromatic N) is 1. The van der Waals surface area contributed by atoms with Crippen LogP contribution in [0.2, 0.25) is 0 Å². The highest BCUT2D eigenvalue weighted by Gasteiger charge is 2.50. The number of carbonyl (C=O) groups is 1. The molecule has 0 saturated carbocycles. The van der Waals surface area contributed by atoms with Crippen LogP contribution in [0.5, 0.6) is 0 Å². The van der Waals surface area contributed by atoms with Crippen LogP contribution in [0.25, 0.3) is 0 Å². The van der Waals surface area contributed by atoms with E-state index in [4.69, 9.17) is 9.47 Å². The maximum atomic E-state index is 11.9. The van der Waals surface area contributed by atoms with Crippen molar-refractivity contribution in [3.05, 3.63) is 0 Å². The fourth-order valence-corrected chi connectivity index (χ4v) is 1.92. The van der Waals surface area contributed by atoms with Gasteiger partial charge in [0.2, 0.25) is 0 Å².